The first-order valence-corrected chi connectivity index (χ1v) is 12.5. The highest BCUT2D eigenvalue weighted by Gasteiger charge is 2.60. The van der Waals surface area contributed by atoms with Crippen molar-refractivity contribution in [3.63, 3.8) is 0 Å². The Hall–Kier alpha value is -2.24. The highest BCUT2D eigenvalue weighted by Crippen LogP contribution is 2.67. The number of hydrogen-bond acceptors (Lipinski definition) is 3. The smallest absolute Gasteiger partial charge is 0.226 e. The molecule has 0 bridgehead atoms. The number of amides is 2. The van der Waals surface area contributed by atoms with E-state index >= 15 is 0 Å². The van der Waals surface area contributed by atoms with E-state index in [0.29, 0.717) is 42.3 Å². The number of likely N-dealkylation sites (tertiary alicyclic amines) is 1. The van der Waals surface area contributed by atoms with Gasteiger partial charge in [0.2, 0.25) is 11.8 Å². The summed E-state index contributed by atoms with van der Waals surface area (Å²) >= 11 is 0. The molecule has 0 radical (unpaired) electrons. The van der Waals surface area contributed by atoms with Crippen LogP contribution in [-0.2, 0) is 9.59 Å². The Kier molecular flexibility index (Phi) is 5.41. The number of halogens is 1. The van der Waals surface area contributed by atoms with Gasteiger partial charge in [0.05, 0.1) is 6.20 Å². The van der Waals surface area contributed by atoms with Gasteiger partial charge in [-0.3, -0.25) is 9.59 Å². The lowest BCUT2D eigenvalue weighted by Gasteiger charge is -2.59. The number of rotatable bonds is 3. The first-order chi connectivity index (χ1) is 15.6. The van der Waals surface area contributed by atoms with Gasteiger partial charge in [0.15, 0.2) is 0 Å². The predicted octanol–water partition coefficient (Wildman–Crippen LogP) is 5.54. The van der Waals surface area contributed by atoms with Crippen LogP contribution in [0.1, 0.15) is 72.1 Å². The molecular formula is C27H36FN3O2. The van der Waals surface area contributed by atoms with Crippen LogP contribution in [0.3, 0.4) is 0 Å². The van der Waals surface area contributed by atoms with Crippen LogP contribution in [-0.4, -0.2) is 28.7 Å². The van der Waals surface area contributed by atoms with E-state index in [1.807, 2.05) is 11.9 Å². The van der Waals surface area contributed by atoms with Gasteiger partial charge in [-0.1, -0.05) is 19.4 Å². The van der Waals surface area contributed by atoms with Gasteiger partial charge >= 0.3 is 0 Å². The molecule has 1 N–H and O–H groups in total. The lowest BCUT2D eigenvalue weighted by Crippen LogP contribution is -2.54. The second-order valence-corrected chi connectivity index (χ2v) is 11.5. The number of nitrogens with one attached hydrogen (secondary N) is 1. The van der Waals surface area contributed by atoms with Crippen LogP contribution in [0.25, 0.3) is 0 Å². The largest absolute Gasteiger partial charge is 0.319 e. The fourth-order valence-electron chi connectivity index (χ4n) is 8.42. The fourth-order valence-corrected chi connectivity index (χ4v) is 8.42. The molecule has 0 spiro atoms. The standard InChI is InChI=1S/C27H36FN3O2/c1-16-13-19-20-7-5-17(14-23(32)30-22-8-6-18(28)15-29-22)26(20,2)11-9-21(19)27(3)12-10-24(33)31(4)25(16)27/h6,8,15,17,19-21H,5,7,9-14H2,1-4H3,(H,29,30,32)/t17-,19?,20+,21?,26-,27-/m1/s1. The number of pyridine rings is 1. The van der Waals surface area contributed by atoms with Crippen molar-refractivity contribution in [2.45, 2.75) is 72.1 Å². The Morgan fingerprint density at radius 3 is 2.73 bits per heavy atom. The average Bonchev–Trinajstić information content (AvgIpc) is 3.09. The molecule has 178 valence electrons. The summed E-state index contributed by atoms with van der Waals surface area (Å²) in [4.78, 5) is 31.2. The number of aromatic nitrogens is 1. The Morgan fingerprint density at radius 1 is 1.21 bits per heavy atom. The second-order valence-electron chi connectivity index (χ2n) is 11.5. The summed E-state index contributed by atoms with van der Waals surface area (Å²) in [5.74, 6) is 2.46. The van der Waals surface area contributed by atoms with Crippen molar-refractivity contribution in [1.29, 1.82) is 0 Å². The molecule has 3 fully saturated rings. The molecule has 0 aromatic carbocycles. The van der Waals surface area contributed by atoms with Gasteiger partial charge in [0.25, 0.3) is 0 Å². The van der Waals surface area contributed by atoms with E-state index in [1.54, 1.807) is 0 Å². The van der Waals surface area contributed by atoms with Crippen molar-refractivity contribution >= 4 is 17.6 Å². The molecule has 2 heterocycles. The number of allylic oxidation sites excluding steroid dienone is 2. The van der Waals surface area contributed by atoms with Crippen LogP contribution in [0.5, 0.6) is 0 Å². The quantitative estimate of drug-likeness (QED) is 0.653. The molecule has 1 aromatic heterocycles. The van der Waals surface area contributed by atoms with E-state index in [2.05, 4.69) is 31.1 Å². The van der Waals surface area contributed by atoms with E-state index in [-0.39, 0.29) is 22.6 Å². The number of nitrogens with zero attached hydrogens (tertiary/aromatic N) is 2. The van der Waals surface area contributed by atoms with Crippen molar-refractivity contribution < 1.29 is 14.0 Å². The highest BCUT2D eigenvalue weighted by atomic mass is 19.1. The summed E-state index contributed by atoms with van der Waals surface area (Å²) in [5.41, 5.74) is 2.94. The first-order valence-electron chi connectivity index (χ1n) is 12.5. The van der Waals surface area contributed by atoms with Crippen molar-refractivity contribution in [3.8, 4) is 0 Å². The first kappa shape index (κ1) is 22.5. The van der Waals surface area contributed by atoms with E-state index < -0.39 is 5.82 Å². The Labute approximate surface area is 196 Å². The molecule has 33 heavy (non-hydrogen) atoms. The van der Waals surface area contributed by atoms with Crippen molar-refractivity contribution in [2.75, 3.05) is 12.4 Å². The minimum Gasteiger partial charge on any atom is -0.319 e. The Bertz CT molecular complexity index is 1010. The number of piperidine rings is 1. The van der Waals surface area contributed by atoms with Crippen molar-refractivity contribution in [1.82, 2.24) is 9.88 Å². The lowest BCUT2D eigenvalue weighted by atomic mass is 9.48. The van der Waals surface area contributed by atoms with Crippen LogP contribution in [0.2, 0.25) is 0 Å². The number of carbonyl (C=O) groups is 2. The van der Waals surface area contributed by atoms with E-state index in [9.17, 15) is 14.0 Å². The summed E-state index contributed by atoms with van der Waals surface area (Å²) in [7, 11) is 1.96. The maximum atomic E-state index is 13.1. The minimum absolute atomic E-state index is 0.0236. The Morgan fingerprint density at radius 2 is 2.00 bits per heavy atom. The number of carbonyl (C=O) groups excluding carboxylic acids is 2. The molecule has 4 aliphatic rings. The lowest BCUT2D eigenvalue weighted by molar-refractivity contribution is -0.136. The van der Waals surface area contributed by atoms with Crippen LogP contribution in [0, 0.1) is 40.3 Å². The van der Waals surface area contributed by atoms with Crippen LogP contribution >= 0.6 is 0 Å². The molecule has 1 saturated heterocycles. The summed E-state index contributed by atoms with van der Waals surface area (Å²) in [5, 5.41) is 2.86. The maximum Gasteiger partial charge on any atom is 0.226 e. The zero-order valence-corrected chi connectivity index (χ0v) is 20.3. The second kappa shape index (κ2) is 7.92. The van der Waals surface area contributed by atoms with E-state index in [0.717, 1.165) is 31.9 Å². The molecule has 3 aliphatic carbocycles. The van der Waals surface area contributed by atoms with Crippen LogP contribution in [0.15, 0.2) is 29.6 Å². The molecule has 1 aliphatic heterocycles. The molecule has 6 atom stereocenters. The molecular weight excluding hydrogens is 417 g/mol. The monoisotopic (exact) mass is 453 g/mol. The van der Waals surface area contributed by atoms with Gasteiger partial charge in [-0.05, 0) is 86.7 Å². The molecule has 5 rings (SSSR count). The molecule has 1 aromatic rings. The summed E-state index contributed by atoms with van der Waals surface area (Å²) in [6, 6.07) is 2.83. The van der Waals surface area contributed by atoms with Gasteiger partial charge in [-0.15, -0.1) is 0 Å². The Balaban J connectivity index is 1.34. The van der Waals surface area contributed by atoms with Crippen molar-refractivity contribution in [3.05, 3.63) is 35.4 Å². The van der Waals surface area contributed by atoms with E-state index in [1.165, 1.54) is 36.2 Å². The molecule has 5 nitrogen and oxygen atoms in total. The zero-order chi connectivity index (χ0) is 23.5. The summed E-state index contributed by atoms with van der Waals surface area (Å²) < 4.78 is 13.1. The number of anilines is 1. The summed E-state index contributed by atoms with van der Waals surface area (Å²) in [6.07, 6.45) is 8.89. The number of hydrogen-bond donors (Lipinski definition) is 1. The highest BCUT2D eigenvalue weighted by molar-refractivity contribution is 5.89. The van der Waals surface area contributed by atoms with Crippen LogP contribution < -0.4 is 5.32 Å². The zero-order valence-electron chi connectivity index (χ0n) is 20.3. The van der Waals surface area contributed by atoms with Gasteiger partial charge < -0.3 is 10.2 Å². The maximum absolute atomic E-state index is 13.1. The normalized spacial score (nSPS) is 38.0. The third-order valence-electron chi connectivity index (χ3n) is 9.93. The van der Waals surface area contributed by atoms with Crippen LogP contribution in [0.4, 0.5) is 10.2 Å². The molecule has 2 unspecified atom stereocenters. The average molecular weight is 454 g/mol. The van der Waals surface area contributed by atoms with Gasteiger partial charge in [-0.2, -0.15) is 0 Å². The molecule has 2 amide bonds. The molecule has 2 saturated carbocycles. The SMILES string of the molecule is CC1=C2N(C)C(=O)CC[C@]2(C)C2CC[C@]3(C)[C@@H](CC(=O)Nc4ccc(F)cn4)CC[C@H]3C2C1. The van der Waals surface area contributed by atoms with Gasteiger partial charge in [0, 0.05) is 31.0 Å². The van der Waals surface area contributed by atoms with E-state index in [4.69, 9.17) is 0 Å². The number of fused-ring (bicyclic) bond motifs is 5. The van der Waals surface area contributed by atoms with Crippen molar-refractivity contribution in [2.24, 2.45) is 34.5 Å². The minimum atomic E-state index is -0.405. The third kappa shape index (κ3) is 3.52. The van der Waals surface area contributed by atoms with Gasteiger partial charge in [-0.25, -0.2) is 9.37 Å². The summed E-state index contributed by atoms with van der Waals surface area (Å²) in [6.45, 7) is 7.06. The van der Waals surface area contributed by atoms with Gasteiger partial charge in [0.1, 0.15) is 11.6 Å². The fraction of sp³-hybridized carbons (Fsp3) is 0.667. The third-order valence-corrected chi connectivity index (χ3v) is 9.93. The molecule has 6 heteroatoms. The predicted molar refractivity (Wildman–Crippen MR) is 125 cm³/mol. The topological polar surface area (TPSA) is 62.3 Å².